The van der Waals surface area contributed by atoms with E-state index >= 15 is 0 Å². The van der Waals surface area contributed by atoms with E-state index in [1.165, 1.54) is 0 Å². The highest BCUT2D eigenvalue weighted by Gasteiger charge is 2.07. The number of nitrogens with one attached hydrogen (secondary N) is 1. The van der Waals surface area contributed by atoms with E-state index in [-0.39, 0.29) is 5.69 Å². The minimum absolute atomic E-state index is 0.140. The van der Waals surface area contributed by atoms with Gasteiger partial charge in [0.25, 0.3) is 0 Å². The standard InChI is InChI=1S/C13H11N3O/c1-9-4-5-12-11(7-9)15-13(17)16(12)10-3-2-6-14-8-10/h2-8H,1H3,(H,15,17). The Morgan fingerprint density at radius 2 is 2.18 bits per heavy atom. The predicted molar refractivity (Wildman–Crippen MR) is 66.4 cm³/mol. The highest BCUT2D eigenvalue weighted by Crippen LogP contribution is 2.15. The van der Waals surface area contributed by atoms with Crippen LogP contribution in [0.3, 0.4) is 0 Å². The summed E-state index contributed by atoms with van der Waals surface area (Å²) in [6.45, 7) is 2.00. The average molecular weight is 225 g/mol. The van der Waals surface area contributed by atoms with Crippen LogP contribution in [0.4, 0.5) is 0 Å². The van der Waals surface area contributed by atoms with Crippen molar-refractivity contribution in [2.45, 2.75) is 6.92 Å². The van der Waals surface area contributed by atoms with Crippen LogP contribution in [0, 0.1) is 6.92 Å². The lowest BCUT2D eigenvalue weighted by atomic mass is 10.2. The second-order valence-electron chi connectivity index (χ2n) is 4.00. The number of aromatic nitrogens is 3. The van der Waals surface area contributed by atoms with Crippen LogP contribution in [-0.4, -0.2) is 14.5 Å². The van der Waals surface area contributed by atoms with E-state index in [1.807, 2.05) is 37.3 Å². The Morgan fingerprint density at radius 3 is 2.94 bits per heavy atom. The van der Waals surface area contributed by atoms with Crippen LogP contribution in [0.15, 0.2) is 47.5 Å². The van der Waals surface area contributed by atoms with Crippen molar-refractivity contribution < 1.29 is 0 Å². The number of imidazole rings is 1. The number of aromatic amines is 1. The van der Waals surface area contributed by atoms with Crippen LogP contribution >= 0.6 is 0 Å². The SMILES string of the molecule is Cc1ccc2c(c1)[nH]c(=O)n2-c1cccnc1. The topological polar surface area (TPSA) is 50.7 Å². The third-order valence-corrected chi connectivity index (χ3v) is 2.74. The van der Waals surface area contributed by atoms with Crippen LogP contribution in [0.1, 0.15) is 5.56 Å². The Hall–Kier alpha value is -2.36. The lowest BCUT2D eigenvalue weighted by Crippen LogP contribution is -2.14. The van der Waals surface area contributed by atoms with Gasteiger partial charge in [-0.05, 0) is 36.8 Å². The van der Waals surface area contributed by atoms with Crippen molar-refractivity contribution >= 4 is 11.0 Å². The lowest BCUT2D eigenvalue weighted by Gasteiger charge is -2.01. The molecule has 0 aliphatic heterocycles. The maximum Gasteiger partial charge on any atom is 0.331 e. The molecule has 0 spiro atoms. The fourth-order valence-electron chi connectivity index (χ4n) is 1.97. The van der Waals surface area contributed by atoms with Gasteiger partial charge < -0.3 is 4.98 Å². The van der Waals surface area contributed by atoms with E-state index < -0.39 is 0 Å². The molecule has 0 amide bonds. The molecule has 0 saturated carbocycles. The second kappa shape index (κ2) is 3.59. The summed E-state index contributed by atoms with van der Waals surface area (Å²) in [6, 6.07) is 9.57. The fourth-order valence-corrected chi connectivity index (χ4v) is 1.97. The summed E-state index contributed by atoms with van der Waals surface area (Å²) >= 11 is 0. The van der Waals surface area contributed by atoms with Gasteiger partial charge in [0.1, 0.15) is 0 Å². The van der Waals surface area contributed by atoms with E-state index in [1.54, 1.807) is 17.0 Å². The first kappa shape index (κ1) is 9.84. The minimum Gasteiger partial charge on any atom is -0.305 e. The Bertz CT molecular complexity index is 725. The van der Waals surface area contributed by atoms with Crippen molar-refractivity contribution in [2.75, 3.05) is 0 Å². The monoisotopic (exact) mass is 225 g/mol. The zero-order valence-corrected chi connectivity index (χ0v) is 9.34. The molecule has 1 aromatic carbocycles. The largest absolute Gasteiger partial charge is 0.331 e. The van der Waals surface area contributed by atoms with E-state index in [2.05, 4.69) is 9.97 Å². The molecule has 3 rings (SSSR count). The van der Waals surface area contributed by atoms with Gasteiger partial charge >= 0.3 is 5.69 Å². The van der Waals surface area contributed by atoms with Crippen LogP contribution in [0.2, 0.25) is 0 Å². The molecule has 2 heterocycles. The van der Waals surface area contributed by atoms with E-state index in [0.29, 0.717) is 0 Å². The van der Waals surface area contributed by atoms with Gasteiger partial charge in [0, 0.05) is 6.20 Å². The molecule has 4 heteroatoms. The normalized spacial score (nSPS) is 10.9. The van der Waals surface area contributed by atoms with Crippen molar-refractivity contribution in [1.29, 1.82) is 0 Å². The molecule has 0 unspecified atom stereocenters. The summed E-state index contributed by atoms with van der Waals surface area (Å²) in [5.74, 6) is 0. The molecule has 0 aliphatic carbocycles. The lowest BCUT2D eigenvalue weighted by molar-refractivity contribution is 1.00. The number of H-pyrrole nitrogens is 1. The van der Waals surface area contributed by atoms with Crippen molar-refractivity contribution in [3.8, 4) is 5.69 Å². The highest BCUT2D eigenvalue weighted by atomic mass is 16.1. The Kier molecular flexibility index (Phi) is 2.08. The van der Waals surface area contributed by atoms with Crippen molar-refractivity contribution in [3.05, 3.63) is 58.8 Å². The Balaban J connectivity index is 2.37. The molecule has 0 radical (unpaired) electrons. The van der Waals surface area contributed by atoms with Crippen LogP contribution in [0.25, 0.3) is 16.7 Å². The molecule has 0 aliphatic rings. The number of fused-ring (bicyclic) bond motifs is 1. The molecular formula is C13H11N3O. The zero-order valence-electron chi connectivity index (χ0n) is 9.34. The van der Waals surface area contributed by atoms with Crippen LogP contribution < -0.4 is 5.69 Å². The van der Waals surface area contributed by atoms with Gasteiger partial charge in [-0.2, -0.15) is 0 Å². The predicted octanol–water partition coefficient (Wildman–Crippen LogP) is 2.02. The third-order valence-electron chi connectivity index (χ3n) is 2.74. The molecule has 4 nitrogen and oxygen atoms in total. The van der Waals surface area contributed by atoms with Crippen LogP contribution in [0.5, 0.6) is 0 Å². The number of hydrogen-bond acceptors (Lipinski definition) is 2. The first-order valence-electron chi connectivity index (χ1n) is 5.37. The molecule has 84 valence electrons. The summed E-state index contributed by atoms with van der Waals surface area (Å²) in [4.78, 5) is 18.8. The number of pyridine rings is 1. The summed E-state index contributed by atoms with van der Waals surface area (Å²) in [5, 5.41) is 0. The van der Waals surface area contributed by atoms with Crippen molar-refractivity contribution in [1.82, 2.24) is 14.5 Å². The zero-order chi connectivity index (χ0) is 11.8. The molecule has 17 heavy (non-hydrogen) atoms. The van der Waals surface area contributed by atoms with Gasteiger partial charge in [0.15, 0.2) is 0 Å². The minimum atomic E-state index is -0.140. The molecular weight excluding hydrogens is 214 g/mol. The van der Waals surface area contributed by atoms with Gasteiger partial charge in [-0.15, -0.1) is 0 Å². The smallest absolute Gasteiger partial charge is 0.305 e. The van der Waals surface area contributed by atoms with Crippen molar-refractivity contribution in [2.24, 2.45) is 0 Å². The van der Waals surface area contributed by atoms with Gasteiger partial charge in [-0.1, -0.05) is 6.07 Å². The van der Waals surface area contributed by atoms with Gasteiger partial charge in [-0.25, -0.2) is 4.79 Å². The molecule has 0 bridgehead atoms. The number of hydrogen-bond donors (Lipinski definition) is 1. The number of benzene rings is 1. The Labute approximate surface area is 97.6 Å². The van der Waals surface area contributed by atoms with Gasteiger partial charge in [0.2, 0.25) is 0 Å². The first-order chi connectivity index (χ1) is 8.25. The molecule has 2 aromatic heterocycles. The van der Waals surface area contributed by atoms with E-state index in [0.717, 1.165) is 22.3 Å². The summed E-state index contributed by atoms with van der Waals surface area (Å²) < 4.78 is 1.63. The van der Waals surface area contributed by atoms with Crippen LogP contribution in [-0.2, 0) is 0 Å². The van der Waals surface area contributed by atoms with Gasteiger partial charge in [-0.3, -0.25) is 9.55 Å². The third kappa shape index (κ3) is 1.54. The molecule has 0 saturated heterocycles. The maximum absolute atomic E-state index is 11.9. The van der Waals surface area contributed by atoms with Crippen molar-refractivity contribution in [3.63, 3.8) is 0 Å². The van der Waals surface area contributed by atoms with Gasteiger partial charge in [0.05, 0.1) is 22.9 Å². The number of aryl methyl sites for hydroxylation is 1. The first-order valence-corrected chi connectivity index (χ1v) is 5.37. The molecule has 0 fully saturated rings. The quantitative estimate of drug-likeness (QED) is 0.688. The second-order valence-corrected chi connectivity index (χ2v) is 4.00. The number of rotatable bonds is 1. The van der Waals surface area contributed by atoms with E-state index in [9.17, 15) is 4.79 Å². The summed E-state index contributed by atoms with van der Waals surface area (Å²) in [7, 11) is 0. The average Bonchev–Trinajstić information content (AvgIpc) is 2.65. The summed E-state index contributed by atoms with van der Waals surface area (Å²) in [5.41, 5.74) is 3.47. The number of nitrogens with zero attached hydrogens (tertiary/aromatic N) is 2. The van der Waals surface area contributed by atoms with E-state index in [4.69, 9.17) is 0 Å². The highest BCUT2D eigenvalue weighted by molar-refractivity contribution is 5.77. The molecule has 1 N–H and O–H groups in total. The molecule has 0 atom stereocenters. The molecule has 3 aromatic rings. The fraction of sp³-hybridized carbons (Fsp3) is 0.0769. The summed E-state index contributed by atoms with van der Waals surface area (Å²) in [6.07, 6.45) is 3.36. The Morgan fingerprint density at radius 1 is 1.29 bits per heavy atom. The maximum atomic E-state index is 11.9.